The number of pyridine rings is 1. The number of amides is 1. The maximum Gasteiger partial charge on any atom is 0.261 e. The first-order valence-electron chi connectivity index (χ1n) is 10.5. The summed E-state index contributed by atoms with van der Waals surface area (Å²) >= 11 is 1.36. The van der Waals surface area contributed by atoms with E-state index in [1.165, 1.54) is 11.3 Å². The Balaban J connectivity index is 1.56. The number of aromatic nitrogens is 3. The van der Waals surface area contributed by atoms with Crippen molar-refractivity contribution in [3.05, 3.63) is 52.6 Å². The molecule has 9 heteroatoms. The summed E-state index contributed by atoms with van der Waals surface area (Å²) in [5, 5.41) is 12.8. The molecule has 4 rings (SSSR count). The molecule has 1 saturated heterocycles. The van der Waals surface area contributed by atoms with Crippen LogP contribution in [-0.2, 0) is 11.3 Å². The van der Waals surface area contributed by atoms with Crippen molar-refractivity contribution in [1.29, 1.82) is 0 Å². The average Bonchev–Trinajstić information content (AvgIpc) is 3.18. The standard InChI is InChI=1S/C22H27N5O3S/c1-14(2)20-25-10-15(11-26-20)12-27-7-9-30-17(13-27)18-16-4-3-5-24-22(16)31-19(18)21(29)23-6-8-28/h3-5,10-11,14,17,28H,6-9,12-13H2,1-2H3,(H,23,29)/t17-/m0/s1. The first kappa shape index (κ1) is 21.8. The van der Waals surface area contributed by atoms with Gasteiger partial charge in [-0.15, -0.1) is 11.3 Å². The summed E-state index contributed by atoms with van der Waals surface area (Å²) in [6.07, 6.45) is 5.28. The monoisotopic (exact) mass is 441 g/mol. The van der Waals surface area contributed by atoms with Gasteiger partial charge in [0.25, 0.3) is 5.91 Å². The molecule has 3 aromatic rings. The summed E-state index contributed by atoms with van der Waals surface area (Å²) < 4.78 is 6.12. The maximum absolute atomic E-state index is 12.8. The fourth-order valence-corrected chi connectivity index (χ4v) is 4.82. The van der Waals surface area contributed by atoms with Crippen molar-refractivity contribution in [3.63, 3.8) is 0 Å². The summed E-state index contributed by atoms with van der Waals surface area (Å²) in [6.45, 7) is 7.03. The van der Waals surface area contributed by atoms with E-state index in [4.69, 9.17) is 9.84 Å². The number of hydrogen-bond acceptors (Lipinski definition) is 8. The van der Waals surface area contributed by atoms with Crippen molar-refractivity contribution in [2.24, 2.45) is 0 Å². The van der Waals surface area contributed by atoms with Gasteiger partial charge in [0, 0.05) is 67.2 Å². The fraction of sp³-hybridized carbons (Fsp3) is 0.455. The van der Waals surface area contributed by atoms with Crippen LogP contribution in [0.5, 0.6) is 0 Å². The van der Waals surface area contributed by atoms with E-state index in [0.29, 0.717) is 23.9 Å². The van der Waals surface area contributed by atoms with Gasteiger partial charge in [0.15, 0.2) is 0 Å². The number of thiophene rings is 1. The van der Waals surface area contributed by atoms with Crippen molar-refractivity contribution in [3.8, 4) is 0 Å². The van der Waals surface area contributed by atoms with E-state index in [0.717, 1.165) is 40.3 Å². The lowest BCUT2D eigenvalue weighted by molar-refractivity contribution is -0.0323. The second-order valence-electron chi connectivity index (χ2n) is 7.88. The maximum atomic E-state index is 12.8. The number of morpholine rings is 1. The SMILES string of the molecule is CC(C)c1ncc(CN2CCO[C@H](c3c(C(=O)NCCO)sc4ncccc34)C2)cn1. The van der Waals surface area contributed by atoms with Gasteiger partial charge in [0.05, 0.1) is 19.3 Å². The van der Waals surface area contributed by atoms with E-state index in [9.17, 15) is 4.79 Å². The van der Waals surface area contributed by atoms with Crippen molar-refractivity contribution in [2.45, 2.75) is 32.4 Å². The topological polar surface area (TPSA) is 100 Å². The molecule has 1 fully saturated rings. The molecular weight excluding hydrogens is 414 g/mol. The molecule has 0 spiro atoms. The predicted molar refractivity (Wildman–Crippen MR) is 119 cm³/mol. The van der Waals surface area contributed by atoms with E-state index < -0.39 is 0 Å². The lowest BCUT2D eigenvalue weighted by Crippen LogP contribution is -2.38. The van der Waals surface area contributed by atoms with Crippen LogP contribution >= 0.6 is 11.3 Å². The lowest BCUT2D eigenvalue weighted by atomic mass is 10.0. The number of nitrogens with zero attached hydrogens (tertiary/aromatic N) is 4. The lowest BCUT2D eigenvalue weighted by Gasteiger charge is -2.33. The molecule has 164 valence electrons. The highest BCUT2D eigenvalue weighted by Crippen LogP contribution is 2.37. The number of aliphatic hydroxyl groups is 1. The van der Waals surface area contributed by atoms with Gasteiger partial charge >= 0.3 is 0 Å². The van der Waals surface area contributed by atoms with Gasteiger partial charge in [-0.05, 0) is 6.07 Å². The second-order valence-corrected chi connectivity index (χ2v) is 8.88. The fourth-order valence-electron chi connectivity index (χ4n) is 3.71. The number of aliphatic hydroxyl groups excluding tert-OH is 1. The number of rotatable bonds is 7. The van der Waals surface area contributed by atoms with Gasteiger partial charge in [-0.3, -0.25) is 9.69 Å². The number of hydrogen-bond donors (Lipinski definition) is 2. The Morgan fingerprint density at radius 3 is 2.90 bits per heavy atom. The van der Waals surface area contributed by atoms with Crippen LogP contribution in [0.15, 0.2) is 30.7 Å². The smallest absolute Gasteiger partial charge is 0.261 e. The van der Waals surface area contributed by atoms with Crippen molar-refractivity contribution in [2.75, 3.05) is 32.8 Å². The zero-order valence-electron chi connectivity index (χ0n) is 17.7. The first-order chi connectivity index (χ1) is 15.1. The van der Waals surface area contributed by atoms with Crippen LogP contribution < -0.4 is 5.32 Å². The van der Waals surface area contributed by atoms with E-state index in [1.54, 1.807) is 6.20 Å². The Bertz CT molecular complexity index is 1040. The van der Waals surface area contributed by atoms with E-state index >= 15 is 0 Å². The number of carbonyl (C=O) groups excluding carboxylic acids is 1. The normalized spacial score (nSPS) is 17.4. The van der Waals surface area contributed by atoms with Gasteiger partial charge in [-0.1, -0.05) is 19.9 Å². The highest BCUT2D eigenvalue weighted by molar-refractivity contribution is 7.20. The Hall–Kier alpha value is -2.46. The van der Waals surface area contributed by atoms with Crippen molar-refractivity contribution in [1.82, 2.24) is 25.2 Å². The largest absolute Gasteiger partial charge is 0.395 e. The van der Waals surface area contributed by atoms with Gasteiger partial charge in [0.1, 0.15) is 15.5 Å². The molecule has 0 saturated carbocycles. The molecule has 0 aromatic carbocycles. The number of nitrogens with one attached hydrogen (secondary N) is 1. The molecule has 1 aliphatic rings. The summed E-state index contributed by atoms with van der Waals surface area (Å²) in [5.74, 6) is 0.947. The van der Waals surface area contributed by atoms with Gasteiger partial charge < -0.3 is 15.2 Å². The minimum Gasteiger partial charge on any atom is -0.395 e. The molecule has 1 aliphatic heterocycles. The molecular formula is C22H27N5O3S. The third kappa shape index (κ3) is 4.90. The Labute approximate surface area is 185 Å². The number of fused-ring (bicyclic) bond motifs is 1. The molecule has 3 aromatic heterocycles. The average molecular weight is 442 g/mol. The highest BCUT2D eigenvalue weighted by atomic mass is 32.1. The van der Waals surface area contributed by atoms with Crippen LogP contribution in [0.3, 0.4) is 0 Å². The van der Waals surface area contributed by atoms with E-state index in [-0.39, 0.29) is 25.2 Å². The van der Waals surface area contributed by atoms with Crippen LogP contribution in [0, 0.1) is 0 Å². The first-order valence-corrected chi connectivity index (χ1v) is 11.3. The van der Waals surface area contributed by atoms with Crippen LogP contribution in [0.25, 0.3) is 10.2 Å². The molecule has 1 atom stereocenters. The predicted octanol–water partition coefficient (Wildman–Crippen LogP) is 2.51. The molecule has 0 unspecified atom stereocenters. The van der Waals surface area contributed by atoms with Crippen LogP contribution in [0.1, 0.15) is 52.5 Å². The van der Waals surface area contributed by atoms with E-state index in [2.05, 4.69) is 39.0 Å². The summed E-state index contributed by atoms with van der Waals surface area (Å²) in [4.78, 5) is 29.9. The number of carbonyl (C=O) groups is 1. The van der Waals surface area contributed by atoms with Gasteiger partial charge in [0.2, 0.25) is 0 Å². The molecule has 31 heavy (non-hydrogen) atoms. The third-order valence-electron chi connectivity index (χ3n) is 5.23. The molecule has 4 heterocycles. The second kappa shape index (κ2) is 9.78. The molecule has 2 N–H and O–H groups in total. The molecule has 0 radical (unpaired) electrons. The molecule has 0 bridgehead atoms. The van der Waals surface area contributed by atoms with Gasteiger partial charge in [-0.25, -0.2) is 15.0 Å². The number of ether oxygens (including phenoxy) is 1. The van der Waals surface area contributed by atoms with Crippen LogP contribution in [0.2, 0.25) is 0 Å². The Morgan fingerprint density at radius 1 is 1.35 bits per heavy atom. The molecule has 0 aliphatic carbocycles. The van der Waals surface area contributed by atoms with Gasteiger partial charge in [-0.2, -0.15) is 0 Å². The highest BCUT2D eigenvalue weighted by Gasteiger charge is 2.30. The Morgan fingerprint density at radius 2 is 2.16 bits per heavy atom. The molecule has 8 nitrogen and oxygen atoms in total. The van der Waals surface area contributed by atoms with Crippen LogP contribution in [-0.4, -0.2) is 63.7 Å². The quantitative estimate of drug-likeness (QED) is 0.581. The molecule has 1 amide bonds. The third-order valence-corrected chi connectivity index (χ3v) is 6.36. The zero-order valence-corrected chi connectivity index (χ0v) is 18.6. The van der Waals surface area contributed by atoms with E-state index in [1.807, 2.05) is 24.5 Å². The van der Waals surface area contributed by atoms with Crippen molar-refractivity contribution >= 4 is 27.5 Å². The Kier molecular flexibility index (Phi) is 6.86. The summed E-state index contributed by atoms with van der Waals surface area (Å²) in [7, 11) is 0. The summed E-state index contributed by atoms with van der Waals surface area (Å²) in [5.41, 5.74) is 1.93. The minimum absolute atomic E-state index is 0.102. The van der Waals surface area contributed by atoms with Crippen molar-refractivity contribution < 1.29 is 14.6 Å². The minimum atomic E-state index is -0.238. The summed E-state index contributed by atoms with van der Waals surface area (Å²) in [6, 6.07) is 3.86. The van der Waals surface area contributed by atoms with Crippen LogP contribution in [0.4, 0.5) is 0 Å². The zero-order chi connectivity index (χ0) is 21.8.